The van der Waals surface area contributed by atoms with Crippen LogP contribution < -0.4 is 9.64 Å². The molecule has 0 aliphatic rings. The van der Waals surface area contributed by atoms with Crippen molar-refractivity contribution >= 4 is 17.4 Å². The zero-order chi connectivity index (χ0) is 27.2. The largest absolute Gasteiger partial charge is 0.489 e. The van der Waals surface area contributed by atoms with Gasteiger partial charge in [0.25, 0.3) is 0 Å². The summed E-state index contributed by atoms with van der Waals surface area (Å²) in [7, 11) is 0. The van der Waals surface area contributed by atoms with E-state index in [2.05, 4.69) is 0 Å². The van der Waals surface area contributed by atoms with Crippen molar-refractivity contribution in [3.63, 3.8) is 0 Å². The Balaban J connectivity index is 1.84. The minimum atomic E-state index is -4.46. The highest BCUT2D eigenvalue weighted by Gasteiger charge is 2.31. The van der Waals surface area contributed by atoms with Crippen molar-refractivity contribution < 1.29 is 36.2 Å². The number of aliphatic hydroxyl groups is 1. The Bertz CT molecular complexity index is 1170. The summed E-state index contributed by atoms with van der Waals surface area (Å²) in [6.07, 6.45) is -5.22. The van der Waals surface area contributed by atoms with Crippen molar-refractivity contribution in [3.8, 4) is 5.75 Å². The van der Waals surface area contributed by atoms with E-state index in [1.165, 1.54) is 24.3 Å². The first kappa shape index (κ1) is 28.7. The van der Waals surface area contributed by atoms with E-state index in [0.29, 0.717) is 22.6 Å². The van der Waals surface area contributed by atoms with Gasteiger partial charge >= 0.3 is 11.7 Å². The molecular weight excluding hydrogens is 516 g/mol. The number of hydrogen-bond donors (Lipinski definition) is 1. The van der Waals surface area contributed by atoms with Gasteiger partial charge in [0.15, 0.2) is 0 Å². The quantitative estimate of drug-likeness (QED) is 0.208. The number of ether oxygens (including phenoxy) is 1. The first-order chi connectivity index (χ1) is 17.3. The standard InChI is InChI=1S/C27H27F6NO2S/c1-18(2)24(35)16-34(15-20-8-3-4-12-25(20)37-27(31,32)33)22-10-6-11-23(14-22)36-17-19-7-5-9-21(13-19)26(28,29)30/h3-14,18,24,35H,15-17H2,1-2H3. The van der Waals surface area contributed by atoms with Gasteiger partial charge in [0, 0.05) is 29.7 Å². The normalized spacial score (nSPS) is 13.0. The Labute approximate surface area is 216 Å². The van der Waals surface area contributed by atoms with Crippen molar-refractivity contribution in [2.24, 2.45) is 5.92 Å². The van der Waals surface area contributed by atoms with Gasteiger partial charge in [0.2, 0.25) is 0 Å². The fourth-order valence-electron chi connectivity index (χ4n) is 3.54. The van der Waals surface area contributed by atoms with Crippen molar-refractivity contribution in [1.29, 1.82) is 0 Å². The smallest absolute Gasteiger partial charge is 0.446 e. The molecule has 0 radical (unpaired) electrons. The minimum Gasteiger partial charge on any atom is -0.489 e. The predicted molar refractivity (Wildman–Crippen MR) is 132 cm³/mol. The van der Waals surface area contributed by atoms with Crippen LogP contribution in [0, 0.1) is 5.92 Å². The van der Waals surface area contributed by atoms with E-state index in [1.807, 2.05) is 13.8 Å². The molecule has 1 atom stereocenters. The lowest BCUT2D eigenvalue weighted by molar-refractivity contribution is -0.137. The van der Waals surface area contributed by atoms with Gasteiger partial charge in [0.1, 0.15) is 12.4 Å². The Kier molecular flexibility index (Phi) is 9.41. The molecule has 3 aromatic carbocycles. The first-order valence-corrected chi connectivity index (χ1v) is 12.3. The minimum absolute atomic E-state index is 0.0657. The number of alkyl halides is 6. The van der Waals surface area contributed by atoms with E-state index in [-0.39, 0.29) is 42.3 Å². The van der Waals surface area contributed by atoms with Crippen LogP contribution >= 0.6 is 11.8 Å². The fourth-order valence-corrected chi connectivity index (χ4v) is 4.20. The van der Waals surface area contributed by atoms with Crippen LogP contribution in [0.5, 0.6) is 5.75 Å². The average molecular weight is 544 g/mol. The maximum absolute atomic E-state index is 13.1. The monoisotopic (exact) mass is 543 g/mol. The second kappa shape index (κ2) is 12.1. The number of halogens is 6. The fraction of sp³-hybridized carbons (Fsp3) is 0.333. The lowest BCUT2D eigenvalue weighted by Gasteiger charge is -2.30. The number of benzene rings is 3. The van der Waals surface area contributed by atoms with E-state index in [0.717, 1.165) is 12.1 Å². The SMILES string of the molecule is CC(C)C(O)CN(Cc1ccccc1SC(F)(F)F)c1cccc(OCc2cccc(C(F)(F)F)c2)c1. The van der Waals surface area contributed by atoms with Crippen LogP contribution in [-0.2, 0) is 19.3 Å². The summed E-state index contributed by atoms with van der Waals surface area (Å²) < 4.78 is 84.0. The second-order valence-electron chi connectivity index (χ2n) is 8.83. The molecule has 0 aliphatic carbocycles. The van der Waals surface area contributed by atoms with Crippen molar-refractivity contribution in [3.05, 3.63) is 89.5 Å². The van der Waals surface area contributed by atoms with Crippen molar-refractivity contribution in [2.45, 2.75) is 49.7 Å². The number of nitrogens with zero attached hydrogens (tertiary/aromatic N) is 1. The molecule has 200 valence electrons. The predicted octanol–water partition coefficient (Wildman–Crippen LogP) is 7.92. The summed E-state index contributed by atoms with van der Waals surface area (Å²) in [5.41, 5.74) is -3.85. The third-order valence-electron chi connectivity index (χ3n) is 5.58. The third-order valence-corrected chi connectivity index (χ3v) is 6.43. The molecule has 0 heterocycles. The molecule has 3 aromatic rings. The number of aliphatic hydroxyl groups excluding tert-OH is 1. The van der Waals surface area contributed by atoms with Crippen LogP contribution in [0.3, 0.4) is 0 Å². The van der Waals surface area contributed by atoms with Gasteiger partial charge in [-0.05, 0) is 59.1 Å². The lowest BCUT2D eigenvalue weighted by atomic mass is 10.1. The molecule has 0 aromatic heterocycles. The Morgan fingerprint density at radius 2 is 1.59 bits per heavy atom. The van der Waals surface area contributed by atoms with Gasteiger partial charge < -0.3 is 14.7 Å². The van der Waals surface area contributed by atoms with Gasteiger partial charge in [-0.1, -0.05) is 50.2 Å². The Morgan fingerprint density at radius 3 is 2.27 bits per heavy atom. The first-order valence-electron chi connectivity index (χ1n) is 11.5. The van der Waals surface area contributed by atoms with E-state index >= 15 is 0 Å². The molecule has 3 nitrogen and oxygen atoms in total. The van der Waals surface area contributed by atoms with Crippen molar-refractivity contribution in [2.75, 3.05) is 11.4 Å². The van der Waals surface area contributed by atoms with E-state index < -0.39 is 23.4 Å². The maximum Gasteiger partial charge on any atom is 0.446 e. The molecule has 1 N–H and O–H groups in total. The number of anilines is 1. The maximum atomic E-state index is 13.1. The molecule has 10 heteroatoms. The second-order valence-corrected chi connectivity index (χ2v) is 9.94. The van der Waals surface area contributed by atoms with E-state index in [9.17, 15) is 31.4 Å². The summed E-state index contributed by atoms with van der Waals surface area (Å²) in [5.74, 6) is 0.277. The average Bonchev–Trinajstić information content (AvgIpc) is 2.82. The van der Waals surface area contributed by atoms with E-state index in [1.54, 1.807) is 41.3 Å². The van der Waals surface area contributed by atoms with Crippen molar-refractivity contribution in [1.82, 2.24) is 0 Å². The zero-order valence-electron chi connectivity index (χ0n) is 20.2. The Hall–Kier alpha value is -2.85. The third kappa shape index (κ3) is 8.89. The summed E-state index contributed by atoms with van der Waals surface area (Å²) in [6, 6.07) is 17.8. The van der Waals surface area contributed by atoms with Crippen LogP contribution in [0.1, 0.15) is 30.5 Å². The van der Waals surface area contributed by atoms with Crippen LogP contribution in [-0.4, -0.2) is 23.3 Å². The molecular formula is C27H27F6NO2S. The molecule has 0 amide bonds. The van der Waals surface area contributed by atoms with Crippen LogP contribution in [0.25, 0.3) is 0 Å². The summed E-state index contributed by atoms with van der Waals surface area (Å²) in [5, 5.41) is 10.6. The molecule has 0 saturated heterocycles. The number of rotatable bonds is 10. The number of hydrogen-bond acceptors (Lipinski definition) is 4. The highest BCUT2D eigenvalue weighted by atomic mass is 32.2. The summed E-state index contributed by atoms with van der Waals surface area (Å²) in [6.45, 7) is 3.82. The molecule has 0 spiro atoms. The number of thioether (sulfide) groups is 1. The van der Waals surface area contributed by atoms with Crippen LogP contribution in [0.15, 0.2) is 77.7 Å². The topological polar surface area (TPSA) is 32.7 Å². The summed E-state index contributed by atoms with van der Waals surface area (Å²) in [4.78, 5) is 1.83. The highest BCUT2D eigenvalue weighted by molar-refractivity contribution is 8.00. The van der Waals surface area contributed by atoms with Gasteiger partial charge in [-0.2, -0.15) is 26.3 Å². The molecule has 0 fully saturated rings. The molecule has 3 rings (SSSR count). The van der Waals surface area contributed by atoms with Gasteiger partial charge in [-0.25, -0.2) is 0 Å². The Morgan fingerprint density at radius 1 is 0.892 bits per heavy atom. The molecule has 0 bridgehead atoms. The lowest BCUT2D eigenvalue weighted by Crippen LogP contribution is -2.35. The van der Waals surface area contributed by atoms with Crippen LogP contribution in [0.2, 0.25) is 0 Å². The molecule has 0 aliphatic heterocycles. The van der Waals surface area contributed by atoms with Crippen LogP contribution in [0.4, 0.5) is 32.0 Å². The van der Waals surface area contributed by atoms with Gasteiger partial charge in [0.05, 0.1) is 11.7 Å². The summed E-state index contributed by atoms with van der Waals surface area (Å²) >= 11 is -0.193. The van der Waals surface area contributed by atoms with Gasteiger partial charge in [-0.3, -0.25) is 0 Å². The zero-order valence-corrected chi connectivity index (χ0v) is 21.0. The highest BCUT2D eigenvalue weighted by Crippen LogP contribution is 2.39. The van der Waals surface area contributed by atoms with E-state index in [4.69, 9.17) is 4.74 Å². The molecule has 1 unspecified atom stereocenters. The van der Waals surface area contributed by atoms with Gasteiger partial charge in [-0.15, -0.1) is 0 Å². The molecule has 0 saturated carbocycles. The molecule has 37 heavy (non-hydrogen) atoms.